The summed E-state index contributed by atoms with van der Waals surface area (Å²) in [7, 11) is 0. The molecule has 2 atom stereocenters. The van der Waals surface area contributed by atoms with Crippen molar-refractivity contribution >= 4 is 15.9 Å². The largest absolute Gasteiger partial charge is 0.486 e. The minimum absolute atomic E-state index is 0.171. The Morgan fingerprint density at radius 2 is 1.86 bits per heavy atom. The van der Waals surface area contributed by atoms with Gasteiger partial charge >= 0.3 is 0 Å². The topological polar surface area (TPSA) is 38.7 Å². The highest BCUT2D eigenvalue weighted by Crippen LogP contribution is 2.49. The molecule has 2 aliphatic rings. The number of hydrogen-bond donors (Lipinski definition) is 1. The molecule has 1 heterocycles. The number of ether oxygens (including phenoxy) is 2. The van der Waals surface area contributed by atoms with Crippen LogP contribution in [-0.4, -0.2) is 18.3 Å². The highest BCUT2D eigenvalue weighted by atomic mass is 79.9. The average molecular weight is 355 g/mol. The summed E-state index contributed by atoms with van der Waals surface area (Å²) in [5.41, 5.74) is 1.09. The Hall–Kier alpha value is -0.740. The van der Waals surface area contributed by atoms with E-state index in [2.05, 4.69) is 29.8 Å². The summed E-state index contributed by atoms with van der Waals surface area (Å²) in [6.07, 6.45) is 4.25. The van der Waals surface area contributed by atoms with Gasteiger partial charge in [-0.15, -0.1) is 0 Å². The summed E-state index contributed by atoms with van der Waals surface area (Å²) < 4.78 is 12.1. The molecular formula is C17H23BrO3. The minimum atomic E-state index is -0.467. The molecule has 3 nitrogen and oxygen atoms in total. The molecule has 1 aromatic carbocycles. The van der Waals surface area contributed by atoms with Gasteiger partial charge in [-0.3, -0.25) is 0 Å². The van der Waals surface area contributed by atoms with E-state index >= 15 is 0 Å². The molecule has 0 aromatic heterocycles. The standard InChI is InChI=1S/C17H23BrO3/c1-17(2)6-4-3-5-12(17)16(19)11-9-14-15(10-13(11)18)21-8-7-20-14/h9-10,12,16,19H,3-8H2,1-2H3. The Labute approximate surface area is 134 Å². The number of rotatable bonds is 2. The lowest BCUT2D eigenvalue weighted by atomic mass is 9.65. The summed E-state index contributed by atoms with van der Waals surface area (Å²) in [4.78, 5) is 0. The lowest BCUT2D eigenvalue weighted by Crippen LogP contribution is -2.32. The van der Waals surface area contributed by atoms with Crippen LogP contribution in [0.2, 0.25) is 0 Å². The maximum atomic E-state index is 10.9. The number of fused-ring (bicyclic) bond motifs is 1. The second-order valence-corrected chi connectivity index (χ2v) is 7.66. The molecule has 0 bridgehead atoms. The van der Waals surface area contributed by atoms with Crippen LogP contribution in [-0.2, 0) is 0 Å². The molecule has 0 saturated heterocycles. The van der Waals surface area contributed by atoms with E-state index < -0.39 is 6.10 Å². The molecule has 1 aliphatic heterocycles. The van der Waals surface area contributed by atoms with Crippen molar-refractivity contribution in [2.75, 3.05) is 13.2 Å². The molecule has 1 fully saturated rings. The number of aliphatic hydroxyl groups is 1. The fourth-order valence-corrected chi connectivity index (χ4v) is 4.19. The van der Waals surface area contributed by atoms with Crippen molar-refractivity contribution < 1.29 is 14.6 Å². The molecule has 1 aromatic rings. The van der Waals surface area contributed by atoms with Crippen LogP contribution in [0, 0.1) is 11.3 Å². The van der Waals surface area contributed by atoms with Crippen molar-refractivity contribution in [3.63, 3.8) is 0 Å². The van der Waals surface area contributed by atoms with Crippen LogP contribution in [0.3, 0.4) is 0 Å². The van der Waals surface area contributed by atoms with E-state index in [-0.39, 0.29) is 11.3 Å². The normalized spacial score (nSPS) is 25.4. The molecule has 21 heavy (non-hydrogen) atoms. The lowest BCUT2D eigenvalue weighted by Gasteiger charge is -2.41. The molecule has 4 heteroatoms. The zero-order valence-electron chi connectivity index (χ0n) is 12.7. The van der Waals surface area contributed by atoms with Crippen molar-refractivity contribution in [3.05, 3.63) is 22.2 Å². The first-order chi connectivity index (χ1) is 9.99. The van der Waals surface area contributed by atoms with Gasteiger partial charge in [-0.1, -0.05) is 42.6 Å². The van der Waals surface area contributed by atoms with E-state index in [1.807, 2.05) is 12.1 Å². The maximum absolute atomic E-state index is 10.9. The predicted octanol–water partition coefficient (Wildman–Crippen LogP) is 4.47. The molecule has 2 unspecified atom stereocenters. The summed E-state index contributed by atoms with van der Waals surface area (Å²) in [6, 6.07) is 3.86. The summed E-state index contributed by atoms with van der Waals surface area (Å²) in [5, 5.41) is 10.9. The quantitative estimate of drug-likeness (QED) is 0.851. The Balaban J connectivity index is 1.92. The van der Waals surface area contributed by atoms with Crippen LogP contribution in [0.15, 0.2) is 16.6 Å². The Bertz CT molecular complexity index is 527. The SMILES string of the molecule is CC1(C)CCCCC1C(O)c1cc2c(cc1Br)OCCO2. The van der Waals surface area contributed by atoms with Gasteiger partial charge in [-0.25, -0.2) is 0 Å². The van der Waals surface area contributed by atoms with Gasteiger partial charge in [0.2, 0.25) is 0 Å². The molecule has 0 spiro atoms. The summed E-state index contributed by atoms with van der Waals surface area (Å²) in [5.74, 6) is 1.78. The van der Waals surface area contributed by atoms with Gasteiger partial charge in [0.1, 0.15) is 13.2 Å². The van der Waals surface area contributed by atoms with Gasteiger partial charge in [-0.05, 0) is 41.9 Å². The zero-order chi connectivity index (χ0) is 15.0. The highest BCUT2D eigenvalue weighted by Gasteiger charge is 2.38. The third kappa shape index (κ3) is 2.93. The molecular weight excluding hydrogens is 332 g/mol. The fraction of sp³-hybridized carbons (Fsp3) is 0.647. The van der Waals surface area contributed by atoms with Crippen molar-refractivity contribution in [3.8, 4) is 11.5 Å². The first-order valence-electron chi connectivity index (χ1n) is 7.76. The third-order valence-corrected chi connectivity index (χ3v) is 5.64. The van der Waals surface area contributed by atoms with Crippen LogP contribution in [0.4, 0.5) is 0 Å². The van der Waals surface area contributed by atoms with E-state index in [1.54, 1.807) is 0 Å². The van der Waals surface area contributed by atoms with Crippen LogP contribution in [0.5, 0.6) is 11.5 Å². The predicted molar refractivity (Wildman–Crippen MR) is 85.8 cm³/mol. The van der Waals surface area contributed by atoms with Gasteiger partial charge in [0, 0.05) is 4.47 Å². The maximum Gasteiger partial charge on any atom is 0.162 e. The highest BCUT2D eigenvalue weighted by molar-refractivity contribution is 9.10. The van der Waals surface area contributed by atoms with Crippen molar-refractivity contribution in [1.82, 2.24) is 0 Å². The third-order valence-electron chi connectivity index (χ3n) is 4.95. The molecule has 3 rings (SSSR count). The van der Waals surface area contributed by atoms with Crippen molar-refractivity contribution in [1.29, 1.82) is 0 Å². The van der Waals surface area contributed by atoms with E-state index in [0.29, 0.717) is 13.2 Å². The first-order valence-corrected chi connectivity index (χ1v) is 8.55. The number of halogens is 1. The van der Waals surface area contributed by atoms with E-state index in [1.165, 1.54) is 19.3 Å². The first kappa shape index (κ1) is 15.2. The average Bonchev–Trinajstić information content (AvgIpc) is 2.45. The second kappa shape index (κ2) is 5.81. The minimum Gasteiger partial charge on any atom is -0.486 e. The van der Waals surface area contributed by atoms with E-state index in [0.717, 1.165) is 28.0 Å². The van der Waals surface area contributed by atoms with Crippen LogP contribution >= 0.6 is 15.9 Å². The van der Waals surface area contributed by atoms with Gasteiger partial charge < -0.3 is 14.6 Å². The smallest absolute Gasteiger partial charge is 0.162 e. The number of hydrogen-bond acceptors (Lipinski definition) is 3. The Kier molecular flexibility index (Phi) is 4.19. The van der Waals surface area contributed by atoms with Crippen LogP contribution < -0.4 is 9.47 Å². The molecule has 1 aliphatic carbocycles. The van der Waals surface area contributed by atoms with Gasteiger partial charge in [0.25, 0.3) is 0 Å². The molecule has 1 saturated carbocycles. The monoisotopic (exact) mass is 354 g/mol. The molecule has 1 N–H and O–H groups in total. The van der Waals surface area contributed by atoms with Crippen molar-refractivity contribution in [2.24, 2.45) is 11.3 Å². The molecule has 0 radical (unpaired) electrons. The summed E-state index contributed by atoms with van der Waals surface area (Å²) in [6.45, 7) is 5.69. The number of benzene rings is 1. The fourth-order valence-electron chi connectivity index (χ4n) is 3.63. The van der Waals surface area contributed by atoms with E-state index in [9.17, 15) is 5.11 Å². The molecule has 0 amide bonds. The number of aliphatic hydroxyl groups excluding tert-OH is 1. The van der Waals surface area contributed by atoms with Crippen LogP contribution in [0.25, 0.3) is 0 Å². The Morgan fingerprint density at radius 1 is 1.19 bits per heavy atom. The molecule has 116 valence electrons. The van der Waals surface area contributed by atoms with Crippen LogP contribution in [0.1, 0.15) is 51.2 Å². The summed E-state index contributed by atoms with van der Waals surface area (Å²) >= 11 is 3.58. The second-order valence-electron chi connectivity index (χ2n) is 6.80. The zero-order valence-corrected chi connectivity index (χ0v) is 14.3. The lowest BCUT2D eigenvalue weighted by molar-refractivity contribution is 0.00320. The van der Waals surface area contributed by atoms with E-state index in [4.69, 9.17) is 9.47 Å². The van der Waals surface area contributed by atoms with Gasteiger partial charge in [0.15, 0.2) is 11.5 Å². The van der Waals surface area contributed by atoms with Gasteiger partial charge in [-0.2, -0.15) is 0 Å². The Morgan fingerprint density at radius 3 is 2.52 bits per heavy atom. The van der Waals surface area contributed by atoms with Gasteiger partial charge in [0.05, 0.1) is 6.10 Å². The van der Waals surface area contributed by atoms with Crippen molar-refractivity contribution in [2.45, 2.75) is 45.6 Å².